The van der Waals surface area contributed by atoms with Gasteiger partial charge in [-0.1, -0.05) is 36.4 Å². The summed E-state index contributed by atoms with van der Waals surface area (Å²) in [6.45, 7) is 1.82. The fourth-order valence-corrected chi connectivity index (χ4v) is 3.02. The van der Waals surface area contributed by atoms with Crippen LogP contribution in [0.2, 0.25) is 0 Å². The number of hydrogen-bond donors (Lipinski definition) is 1. The predicted octanol–water partition coefficient (Wildman–Crippen LogP) is 2.82. The molecule has 2 aromatic rings. The van der Waals surface area contributed by atoms with Gasteiger partial charge >= 0.3 is 0 Å². The Labute approximate surface area is 121 Å². The molecule has 0 saturated carbocycles. The van der Waals surface area contributed by atoms with Crippen LogP contribution in [-0.2, 0) is 5.72 Å². The molecule has 1 amide bonds. The summed E-state index contributed by atoms with van der Waals surface area (Å²) in [5, 5.41) is 18.2. The van der Waals surface area contributed by atoms with Gasteiger partial charge < -0.3 is 5.11 Å². The molecular weight excluding hydrogens is 272 g/mol. The number of benzene rings is 1. The number of nitrogens with zero attached hydrogens (tertiary/aromatic N) is 2. The van der Waals surface area contributed by atoms with E-state index in [2.05, 4.69) is 5.10 Å². The minimum atomic E-state index is -1.40. The molecule has 102 valence electrons. The van der Waals surface area contributed by atoms with E-state index in [-0.39, 0.29) is 5.91 Å². The zero-order valence-electron chi connectivity index (χ0n) is 11.0. The molecule has 1 aliphatic heterocycles. The van der Waals surface area contributed by atoms with Crippen molar-refractivity contribution >= 4 is 23.0 Å². The van der Waals surface area contributed by atoms with Crippen molar-refractivity contribution in [3.63, 3.8) is 0 Å². The van der Waals surface area contributed by atoms with Crippen molar-refractivity contribution in [3.05, 3.63) is 58.3 Å². The van der Waals surface area contributed by atoms with Gasteiger partial charge in [0.25, 0.3) is 5.91 Å². The number of thiophene rings is 1. The Morgan fingerprint density at radius 2 is 2.05 bits per heavy atom. The van der Waals surface area contributed by atoms with Crippen molar-refractivity contribution in [2.75, 3.05) is 0 Å². The summed E-state index contributed by atoms with van der Waals surface area (Å²) >= 11 is 1.34. The lowest BCUT2D eigenvalue weighted by Gasteiger charge is -2.31. The third kappa shape index (κ3) is 2.05. The van der Waals surface area contributed by atoms with Crippen molar-refractivity contribution in [2.24, 2.45) is 5.10 Å². The Kier molecular flexibility index (Phi) is 3.16. The van der Waals surface area contributed by atoms with E-state index in [0.29, 0.717) is 16.9 Å². The SMILES string of the molecule is CC1=NN(C(=O)c2cccs2)[C@](O)(c2ccccc2)C1. The van der Waals surface area contributed by atoms with Crippen LogP contribution in [0.3, 0.4) is 0 Å². The monoisotopic (exact) mass is 286 g/mol. The van der Waals surface area contributed by atoms with E-state index in [1.165, 1.54) is 16.3 Å². The maximum Gasteiger partial charge on any atom is 0.286 e. The molecular formula is C15H14N2O2S. The lowest BCUT2D eigenvalue weighted by Crippen LogP contribution is -2.43. The van der Waals surface area contributed by atoms with Crippen molar-refractivity contribution in [3.8, 4) is 0 Å². The van der Waals surface area contributed by atoms with Gasteiger partial charge in [-0.2, -0.15) is 10.1 Å². The molecule has 1 aromatic heterocycles. The highest BCUT2D eigenvalue weighted by Gasteiger charge is 2.45. The largest absolute Gasteiger partial charge is 0.365 e. The maximum absolute atomic E-state index is 12.5. The lowest BCUT2D eigenvalue weighted by molar-refractivity contribution is -0.0763. The quantitative estimate of drug-likeness (QED) is 0.923. The Balaban J connectivity index is 2.02. The summed E-state index contributed by atoms with van der Waals surface area (Å²) in [6, 6.07) is 12.7. The molecule has 5 heteroatoms. The number of amides is 1. The van der Waals surface area contributed by atoms with E-state index in [1.807, 2.05) is 48.7 Å². The van der Waals surface area contributed by atoms with Crippen LogP contribution in [-0.4, -0.2) is 21.7 Å². The average Bonchev–Trinajstić information content (AvgIpc) is 3.08. The molecule has 1 atom stereocenters. The minimum Gasteiger partial charge on any atom is -0.365 e. The Hall–Kier alpha value is -1.98. The molecule has 3 rings (SSSR count). The zero-order valence-corrected chi connectivity index (χ0v) is 11.8. The number of rotatable bonds is 2. The molecule has 0 unspecified atom stereocenters. The summed E-state index contributed by atoms with van der Waals surface area (Å²) in [7, 11) is 0. The highest BCUT2D eigenvalue weighted by molar-refractivity contribution is 7.12. The van der Waals surface area contributed by atoms with Crippen molar-refractivity contribution < 1.29 is 9.90 Å². The Bertz CT molecular complexity index is 652. The van der Waals surface area contributed by atoms with Crippen molar-refractivity contribution in [1.82, 2.24) is 5.01 Å². The molecule has 0 spiro atoms. The normalized spacial score (nSPS) is 21.9. The van der Waals surface area contributed by atoms with E-state index in [4.69, 9.17) is 0 Å². The molecule has 0 saturated heterocycles. The van der Waals surface area contributed by atoms with E-state index >= 15 is 0 Å². The first kappa shape index (κ1) is 13.0. The molecule has 2 heterocycles. The second kappa shape index (κ2) is 4.85. The summed E-state index contributed by atoms with van der Waals surface area (Å²) in [5.41, 5.74) is 0.0126. The van der Waals surface area contributed by atoms with Gasteiger partial charge in [0, 0.05) is 17.7 Å². The summed E-state index contributed by atoms with van der Waals surface area (Å²) < 4.78 is 0. The highest BCUT2D eigenvalue weighted by Crippen LogP contribution is 2.36. The fraction of sp³-hybridized carbons (Fsp3) is 0.200. The van der Waals surface area contributed by atoms with Gasteiger partial charge in [0.15, 0.2) is 5.72 Å². The van der Waals surface area contributed by atoms with Crippen LogP contribution in [0.15, 0.2) is 52.9 Å². The Morgan fingerprint density at radius 3 is 2.70 bits per heavy atom. The first-order valence-corrected chi connectivity index (χ1v) is 7.19. The third-order valence-corrected chi connectivity index (χ3v) is 4.14. The van der Waals surface area contributed by atoms with Crippen LogP contribution in [0.4, 0.5) is 0 Å². The van der Waals surface area contributed by atoms with E-state index < -0.39 is 5.72 Å². The number of carbonyl (C=O) groups is 1. The Morgan fingerprint density at radius 1 is 1.30 bits per heavy atom. The van der Waals surface area contributed by atoms with Gasteiger partial charge in [-0.15, -0.1) is 11.3 Å². The lowest BCUT2D eigenvalue weighted by atomic mass is 9.97. The first-order valence-electron chi connectivity index (χ1n) is 6.31. The predicted molar refractivity (Wildman–Crippen MR) is 78.6 cm³/mol. The van der Waals surface area contributed by atoms with Crippen LogP contribution >= 0.6 is 11.3 Å². The molecule has 0 bridgehead atoms. The van der Waals surface area contributed by atoms with Gasteiger partial charge in [-0.05, 0) is 18.4 Å². The van der Waals surface area contributed by atoms with Gasteiger partial charge in [0.1, 0.15) is 0 Å². The van der Waals surface area contributed by atoms with Gasteiger partial charge in [-0.3, -0.25) is 4.79 Å². The van der Waals surface area contributed by atoms with Crippen molar-refractivity contribution in [2.45, 2.75) is 19.1 Å². The molecule has 1 aromatic carbocycles. The zero-order chi connectivity index (χ0) is 14.2. The van der Waals surface area contributed by atoms with Crippen LogP contribution in [0.5, 0.6) is 0 Å². The third-order valence-electron chi connectivity index (χ3n) is 3.28. The molecule has 0 radical (unpaired) electrons. The maximum atomic E-state index is 12.5. The van der Waals surface area contributed by atoms with Gasteiger partial charge in [0.05, 0.1) is 4.88 Å². The molecule has 1 aliphatic rings. The summed E-state index contributed by atoms with van der Waals surface area (Å²) in [5.74, 6) is -0.275. The number of carbonyl (C=O) groups excluding carboxylic acids is 1. The number of hydrazone groups is 1. The standard InChI is InChI=1S/C15H14N2O2S/c1-11-10-15(19,12-6-3-2-4-7-12)17(16-11)14(18)13-8-5-9-20-13/h2-9,19H,10H2,1H3/t15-/m1/s1. The van der Waals surface area contributed by atoms with Gasteiger partial charge in [0.2, 0.25) is 0 Å². The molecule has 0 aliphatic carbocycles. The first-order chi connectivity index (χ1) is 9.61. The van der Waals surface area contributed by atoms with Crippen LogP contribution in [0, 0.1) is 0 Å². The number of aliphatic hydroxyl groups is 1. The summed E-state index contributed by atoms with van der Waals surface area (Å²) in [6.07, 6.45) is 0.328. The fourth-order valence-electron chi connectivity index (χ4n) is 2.37. The smallest absolute Gasteiger partial charge is 0.286 e. The second-order valence-electron chi connectivity index (χ2n) is 4.79. The number of hydrogen-bond acceptors (Lipinski definition) is 4. The van der Waals surface area contributed by atoms with E-state index in [1.54, 1.807) is 6.07 Å². The molecule has 4 nitrogen and oxygen atoms in total. The molecule has 1 N–H and O–H groups in total. The van der Waals surface area contributed by atoms with E-state index in [0.717, 1.165) is 5.71 Å². The minimum absolute atomic E-state index is 0.275. The van der Waals surface area contributed by atoms with Gasteiger partial charge in [-0.25, -0.2) is 0 Å². The summed E-state index contributed by atoms with van der Waals surface area (Å²) in [4.78, 5) is 13.1. The molecule has 0 fully saturated rings. The molecule has 20 heavy (non-hydrogen) atoms. The van der Waals surface area contributed by atoms with Crippen LogP contribution in [0.1, 0.15) is 28.6 Å². The average molecular weight is 286 g/mol. The van der Waals surface area contributed by atoms with Crippen LogP contribution < -0.4 is 0 Å². The van der Waals surface area contributed by atoms with Crippen LogP contribution in [0.25, 0.3) is 0 Å². The van der Waals surface area contributed by atoms with Crippen molar-refractivity contribution in [1.29, 1.82) is 0 Å². The second-order valence-corrected chi connectivity index (χ2v) is 5.74. The highest BCUT2D eigenvalue weighted by atomic mass is 32.1. The topological polar surface area (TPSA) is 52.9 Å². The van der Waals surface area contributed by atoms with E-state index in [9.17, 15) is 9.90 Å².